The molecule has 0 fully saturated rings. The van der Waals surface area contributed by atoms with Crippen molar-refractivity contribution in [3.63, 3.8) is 0 Å². The Balaban J connectivity index is 2.87. The predicted molar refractivity (Wildman–Crippen MR) is 75.4 cm³/mol. The van der Waals surface area contributed by atoms with Crippen LogP contribution < -0.4 is 5.32 Å². The predicted octanol–water partition coefficient (Wildman–Crippen LogP) is 4.26. The molecule has 0 aliphatic heterocycles. The first kappa shape index (κ1) is 16.6. The van der Waals surface area contributed by atoms with Gasteiger partial charge in [-0.25, -0.2) is 0 Å². The van der Waals surface area contributed by atoms with Gasteiger partial charge in [-0.3, -0.25) is 0 Å². The second-order valence-corrected chi connectivity index (χ2v) is 4.78. The van der Waals surface area contributed by atoms with Crippen LogP contribution in [0, 0.1) is 4.91 Å². The fourth-order valence-corrected chi connectivity index (χ4v) is 1.95. The molecule has 3 nitrogen and oxygen atoms in total. The largest absolute Gasteiger partial charge is 0.317 e. The third-order valence-corrected chi connectivity index (χ3v) is 3.06. The minimum absolute atomic E-state index is 0.449. The molecular formula is C14H30N2O. The summed E-state index contributed by atoms with van der Waals surface area (Å²) in [6, 6.07) is 0. The summed E-state index contributed by atoms with van der Waals surface area (Å²) < 4.78 is 0. The SMILES string of the molecule is CCCCCCCCCCCNCCCN=O. The van der Waals surface area contributed by atoms with Crippen molar-refractivity contribution in [2.45, 2.75) is 71.1 Å². The highest BCUT2D eigenvalue weighted by atomic mass is 16.3. The van der Waals surface area contributed by atoms with Gasteiger partial charge in [-0.15, -0.1) is 0 Å². The molecular weight excluding hydrogens is 212 g/mol. The molecule has 102 valence electrons. The molecule has 0 radical (unpaired) electrons. The van der Waals surface area contributed by atoms with Gasteiger partial charge < -0.3 is 5.32 Å². The van der Waals surface area contributed by atoms with Crippen LogP contribution in [-0.4, -0.2) is 19.6 Å². The van der Waals surface area contributed by atoms with Crippen LogP contribution in [0.3, 0.4) is 0 Å². The van der Waals surface area contributed by atoms with E-state index in [4.69, 9.17) is 0 Å². The fourth-order valence-electron chi connectivity index (χ4n) is 1.95. The van der Waals surface area contributed by atoms with E-state index in [0.29, 0.717) is 6.54 Å². The van der Waals surface area contributed by atoms with Crippen LogP contribution in [0.2, 0.25) is 0 Å². The lowest BCUT2D eigenvalue weighted by Crippen LogP contribution is -2.17. The smallest absolute Gasteiger partial charge is 0.0823 e. The van der Waals surface area contributed by atoms with Crippen LogP contribution in [0.4, 0.5) is 0 Å². The summed E-state index contributed by atoms with van der Waals surface area (Å²) in [5, 5.41) is 6.17. The van der Waals surface area contributed by atoms with Crippen LogP contribution in [0.5, 0.6) is 0 Å². The molecule has 0 aromatic carbocycles. The molecule has 0 spiro atoms. The Labute approximate surface area is 107 Å². The Morgan fingerprint density at radius 2 is 1.29 bits per heavy atom. The summed E-state index contributed by atoms with van der Waals surface area (Å²) in [6.45, 7) is 4.74. The topological polar surface area (TPSA) is 41.5 Å². The number of unbranched alkanes of at least 4 members (excludes halogenated alkanes) is 8. The van der Waals surface area contributed by atoms with Crippen LogP contribution in [0.1, 0.15) is 71.1 Å². The van der Waals surface area contributed by atoms with E-state index in [1.165, 1.54) is 57.8 Å². The van der Waals surface area contributed by atoms with Gasteiger partial charge in [0.15, 0.2) is 0 Å². The van der Waals surface area contributed by atoms with E-state index in [0.717, 1.165) is 19.5 Å². The lowest BCUT2D eigenvalue weighted by atomic mass is 10.1. The molecule has 0 amide bonds. The molecule has 0 heterocycles. The normalized spacial score (nSPS) is 10.6. The third kappa shape index (κ3) is 15.6. The maximum atomic E-state index is 9.83. The summed E-state index contributed by atoms with van der Waals surface area (Å²) in [7, 11) is 0. The zero-order valence-corrected chi connectivity index (χ0v) is 11.5. The van der Waals surface area contributed by atoms with Crippen molar-refractivity contribution in [2.75, 3.05) is 19.6 Å². The average Bonchev–Trinajstić information content (AvgIpc) is 2.35. The standard InChI is InChI=1S/C14H30N2O/c1-2-3-4-5-6-7-8-9-10-12-15-13-11-14-16-17/h15H,2-14H2,1H3. The highest BCUT2D eigenvalue weighted by molar-refractivity contribution is 4.52. The van der Waals surface area contributed by atoms with Crippen LogP contribution in [0.25, 0.3) is 0 Å². The van der Waals surface area contributed by atoms with Gasteiger partial charge in [-0.2, -0.15) is 4.91 Å². The number of hydrogen-bond acceptors (Lipinski definition) is 3. The zero-order valence-electron chi connectivity index (χ0n) is 11.5. The van der Waals surface area contributed by atoms with Gasteiger partial charge in [0.2, 0.25) is 0 Å². The molecule has 0 aliphatic carbocycles. The Morgan fingerprint density at radius 1 is 0.765 bits per heavy atom. The first-order valence-corrected chi connectivity index (χ1v) is 7.41. The molecule has 0 saturated heterocycles. The van der Waals surface area contributed by atoms with Gasteiger partial charge in [0, 0.05) is 0 Å². The minimum atomic E-state index is 0.449. The summed E-state index contributed by atoms with van der Waals surface area (Å²) in [6.07, 6.45) is 13.3. The van der Waals surface area contributed by atoms with E-state index in [-0.39, 0.29) is 0 Å². The molecule has 3 heteroatoms. The quantitative estimate of drug-likeness (QED) is 0.365. The molecule has 1 N–H and O–H groups in total. The number of nitrogens with one attached hydrogen (secondary N) is 1. The number of nitroso groups, excluding NO2 is 1. The van der Waals surface area contributed by atoms with Crippen molar-refractivity contribution in [3.05, 3.63) is 4.91 Å². The fraction of sp³-hybridized carbons (Fsp3) is 1.00. The van der Waals surface area contributed by atoms with Gasteiger partial charge in [-0.05, 0) is 25.9 Å². The van der Waals surface area contributed by atoms with Gasteiger partial charge in [0.25, 0.3) is 0 Å². The van der Waals surface area contributed by atoms with Gasteiger partial charge in [-0.1, -0.05) is 63.5 Å². The summed E-state index contributed by atoms with van der Waals surface area (Å²) >= 11 is 0. The maximum absolute atomic E-state index is 9.83. The van der Waals surface area contributed by atoms with E-state index in [1.54, 1.807) is 0 Å². The molecule has 0 aromatic heterocycles. The number of hydrogen-bond donors (Lipinski definition) is 1. The highest BCUT2D eigenvalue weighted by Crippen LogP contribution is 2.09. The van der Waals surface area contributed by atoms with Crippen molar-refractivity contribution < 1.29 is 0 Å². The Morgan fingerprint density at radius 3 is 1.88 bits per heavy atom. The van der Waals surface area contributed by atoms with Gasteiger partial charge in [0.05, 0.1) is 6.54 Å². The van der Waals surface area contributed by atoms with E-state index < -0.39 is 0 Å². The third-order valence-electron chi connectivity index (χ3n) is 3.06. The molecule has 0 aromatic rings. The van der Waals surface area contributed by atoms with Crippen molar-refractivity contribution in [2.24, 2.45) is 5.18 Å². The van der Waals surface area contributed by atoms with E-state index in [9.17, 15) is 4.91 Å². The van der Waals surface area contributed by atoms with Gasteiger partial charge in [0.1, 0.15) is 0 Å². The highest BCUT2D eigenvalue weighted by Gasteiger charge is 1.92. The molecule has 0 atom stereocenters. The Bertz CT molecular complexity index is 151. The molecule has 0 aliphatic rings. The van der Waals surface area contributed by atoms with Crippen molar-refractivity contribution in [1.29, 1.82) is 0 Å². The van der Waals surface area contributed by atoms with Crippen molar-refractivity contribution in [3.8, 4) is 0 Å². The lowest BCUT2D eigenvalue weighted by Gasteiger charge is -2.03. The summed E-state index contributed by atoms with van der Waals surface area (Å²) in [5.41, 5.74) is 0. The van der Waals surface area contributed by atoms with E-state index in [1.807, 2.05) is 0 Å². The maximum Gasteiger partial charge on any atom is 0.0823 e. The molecule has 0 bridgehead atoms. The molecule has 0 rings (SSSR count). The minimum Gasteiger partial charge on any atom is -0.317 e. The molecule has 0 saturated carbocycles. The Kier molecular flexibility index (Phi) is 15.2. The monoisotopic (exact) mass is 242 g/mol. The van der Waals surface area contributed by atoms with Crippen LogP contribution >= 0.6 is 0 Å². The van der Waals surface area contributed by atoms with Crippen molar-refractivity contribution >= 4 is 0 Å². The average molecular weight is 242 g/mol. The zero-order chi connectivity index (χ0) is 12.6. The van der Waals surface area contributed by atoms with Gasteiger partial charge >= 0.3 is 0 Å². The summed E-state index contributed by atoms with van der Waals surface area (Å²) in [5.74, 6) is 0. The molecule has 17 heavy (non-hydrogen) atoms. The van der Waals surface area contributed by atoms with Crippen molar-refractivity contribution in [1.82, 2.24) is 5.32 Å². The number of nitrogens with zero attached hydrogens (tertiary/aromatic N) is 1. The van der Waals surface area contributed by atoms with Crippen LogP contribution in [0.15, 0.2) is 5.18 Å². The first-order chi connectivity index (χ1) is 8.41. The molecule has 0 unspecified atom stereocenters. The second kappa shape index (κ2) is 15.6. The van der Waals surface area contributed by atoms with Crippen LogP contribution in [-0.2, 0) is 0 Å². The van der Waals surface area contributed by atoms with E-state index in [2.05, 4.69) is 17.4 Å². The Hall–Kier alpha value is -0.440. The lowest BCUT2D eigenvalue weighted by molar-refractivity contribution is 0.546. The number of rotatable bonds is 14. The first-order valence-electron chi connectivity index (χ1n) is 7.41. The van der Waals surface area contributed by atoms with E-state index >= 15 is 0 Å². The summed E-state index contributed by atoms with van der Waals surface area (Å²) in [4.78, 5) is 9.83. The second-order valence-electron chi connectivity index (χ2n) is 4.78.